The summed E-state index contributed by atoms with van der Waals surface area (Å²) in [6, 6.07) is 0. The number of aliphatic hydroxyl groups is 1. The standard InChI is InChI=1S/C9H17NO4/c1-13-9(12)3-5-10-4-2-6-14-7-8(10)11/h9,12H,2-7H2,1H3. The second-order valence-electron chi connectivity index (χ2n) is 3.27. The molecule has 1 aliphatic heterocycles. The summed E-state index contributed by atoms with van der Waals surface area (Å²) in [4.78, 5) is 13.1. The Kier molecular flexibility index (Phi) is 4.86. The highest BCUT2D eigenvalue weighted by Crippen LogP contribution is 2.03. The van der Waals surface area contributed by atoms with Crippen molar-refractivity contribution in [2.24, 2.45) is 0 Å². The lowest BCUT2D eigenvalue weighted by molar-refractivity contribution is -0.135. The van der Waals surface area contributed by atoms with Gasteiger partial charge in [0.15, 0.2) is 6.29 Å². The molecule has 1 amide bonds. The first kappa shape index (κ1) is 11.4. The van der Waals surface area contributed by atoms with Crippen molar-refractivity contribution in [2.75, 3.05) is 33.4 Å². The molecule has 0 aromatic carbocycles. The van der Waals surface area contributed by atoms with Crippen LogP contribution in [0.2, 0.25) is 0 Å². The maximum absolute atomic E-state index is 11.4. The molecule has 0 aromatic rings. The van der Waals surface area contributed by atoms with E-state index in [4.69, 9.17) is 14.6 Å². The van der Waals surface area contributed by atoms with Crippen LogP contribution in [0, 0.1) is 0 Å². The summed E-state index contributed by atoms with van der Waals surface area (Å²) < 4.78 is 9.78. The van der Waals surface area contributed by atoms with Crippen LogP contribution >= 0.6 is 0 Å². The van der Waals surface area contributed by atoms with Crippen molar-refractivity contribution >= 4 is 5.91 Å². The first-order valence-corrected chi connectivity index (χ1v) is 4.80. The Bertz CT molecular complexity index is 186. The molecule has 5 heteroatoms. The van der Waals surface area contributed by atoms with Crippen LogP contribution in [0.5, 0.6) is 0 Å². The lowest BCUT2D eigenvalue weighted by atomic mass is 10.3. The average Bonchev–Trinajstić information content (AvgIpc) is 2.39. The lowest BCUT2D eigenvalue weighted by Gasteiger charge is -2.20. The number of nitrogens with zero attached hydrogens (tertiary/aromatic N) is 1. The van der Waals surface area contributed by atoms with E-state index in [1.54, 1.807) is 4.90 Å². The van der Waals surface area contributed by atoms with Crippen LogP contribution in [-0.4, -0.2) is 55.6 Å². The van der Waals surface area contributed by atoms with Gasteiger partial charge in [-0.25, -0.2) is 0 Å². The number of carbonyl (C=O) groups is 1. The van der Waals surface area contributed by atoms with Crippen molar-refractivity contribution < 1.29 is 19.4 Å². The molecule has 1 unspecified atom stereocenters. The molecule has 82 valence electrons. The first-order chi connectivity index (χ1) is 6.74. The van der Waals surface area contributed by atoms with Crippen LogP contribution in [0.4, 0.5) is 0 Å². The number of aliphatic hydroxyl groups excluding tert-OH is 1. The van der Waals surface area contributed by atoms with Gasteiger partial charge in [-0.1, -0.05) is 0 Å². The third-order valence-electron chi connectivity index (χ3n) is 2.21. The van der Waals surface area contributed by atoms with Crippen LogP contribution in [0.1, 0.15) is 12.8 Å². The van der Waals surface area contributed by atoms with E-state index in [-0.39, 0.29) is 12.5 Å². The molecule has 5 nitrogen and oxygen atoms in total. The largest absolute Gasteiger partial charge is 0.372 e. The van der Waals surface area contributed by atoms with Crippen LogP contribution in [0.3, 0.4) is 0 Å². The topological polar surface area (TPSA) is 59.0 Å². The van der Waals surface area contributed by atoms with Crippen LogP contribution < -0.4 is 0 Å². The average molecular weight is 203 g/mol. The molecule has 1 atom stereocenters. The van der Waals surface area contributed by atoms with Crippen molar-refractivity contribution in [3.05, 3.63) is 0 Å². The van der Waals surface area contributed by atoms with Gasteiger partial charge in [0.2, 0.25) is 5.91 Å². The molecule has 1 heterocycles. The highest BCUT2D eigenvalue weighted by molar-refractivity contribution is 5.77. The molecular formula is C9H17NO4. The molecule has 1 fully saturated rings. The Hall–Kier alpha value is -0.650. The smallest absolute Gasteiger partial charge is 0.248 e. The van der Waals surface area contributed by atoms with Gasteiger partial charge in [-0.15, -0.1) is 0 Å². The highest BCUT2D eigenvalue weighted by atomic mass is 16.6. The Morgan fingerprint density at radius 1 is 1.71 bits per heavy atom. The fourth-order valence-corrected chi connectivity index (χ4v) is 1.35. The number of methoxy groups -OCH3 is 1. The Morgan fingerprint density at radius 2 is 2.50 bits per heavy atom. The fourth-order valence-electron chi connectivity index (χ4n) is 1.35. The van der Waals surface area contributed by atoms with E-state index in [0.717, 1.165) is 6.42 Å². The van der Waals surface area contributed by atoms with E-state index in [2.05, 4.69) is 0 Å². The predicted octanol–water partition coefficient (Wildman–Crippen LogP) is -0.410. The van der Waals surface area contributed by atoms with Gasteiger partial charge in [-0.3, -0.25) is 4.79 Å². The van der Waals surface area contributed by atoms with Crippen molar-refractivity contribution in [3.63, 3.8) is 0 Å². The summed E-state index contributed by atoms with van der Waals surface area (Å²) in [5.41, 5.74) is 0. The maximum atomic E-state index is 11.4. The molecule has 0 spiro atoms. The molecular weight excluding hydrogens is 186 g/mol. The van der Waals surface area contributed by atoms with Gasteiger partial charge >= 0.3 is 0 Å². The minimum atomic E-state index is -0.785. The zero-order valence-corrected chi connectivity index (χ0v) is 8.44. The number of carbonyl (C=O) groups excluding carboxylic acids is 1. The van der Waals surface area contributed by atoms with Gasteiger partial charge in [-0.2, -0.15) is 0 Å². The van der Waals surface area contributed by atoms with E-state index in [1.165, 1.54) is 7.11 Å². The van der Waals surface area contributed by atoms with Gasteiger partial charge in [0.1, 0.15) is 6.61 Å². The van der Waals surface area contributed by atoms with E-state index in [9.17, 15) is 4.79 Å². The third kappa shape index (κ3) is 3.61. The SMILES string of the molecule is COC(O)CCN1CCCOCC1=O. The molecule has 1 rings (SSSR count). The monoisotopic (exact) mass is 203 g/mol. The second-order valence-corrected chi connectivity index (χ2v) is 3.27. The van der Waals surface area contributed by atoms with E-state index < -0.39 is 6.29 Å². The quantitative estimate of drug-likeness (QED) is 0.631. The predicted molar refractivity (Wildman–Crippen MR) is 49.6 cm³/mol. The van der Waals surface area contributed by atoms with Gasteiger partial charge in [0.05, 0.1) is 0 Å². The van der Waals surface area contributed by atoms with Crippen LogP contribution in [0.25, 0.3) is 0 Å². The highest BCUT2D eigenvalue weighted by Gasteiger charge is 2.17. The summed E-state index contributed by atoms with van der Waals surface area (Å²) in [6.07, 6.45) is 0.517. The summed E-state index contributed by atoms with van der Waals surface area (Å²) in [7, 11) is 1.44. The third-order valence-corrected chi connectivity index (χ3v) is 2.21. The second kappa shape index (κ2) is 5.95. The number of rotatable bonds is 4. The fraction of sp³-hybridized carbons (Fsp3) is 0.889. The Labute approximate surface area is 83.6 Å². The van der Waals surface area contributed by atoms with E-state index in [1.807, 2.05) is 0 Å². The Morgan fingerprint density at radius 3 is 3.21 bits per heavy atom. The summed E-state index contributed by atoms with van der Waals surface area (Å²) in [5.74, 6) is -0.00852. The molecule has 0 saturated carbocycles. The molecule has 0 aromatic heterocycles. The zero-order chi connectivity index (χ0) is 10.4. The van der Waals surface area contributed by atoms with Crippen molar-refractivity contribution in [1.29, 1.82) is 0 Å². The van der Waals surface area contributed by atoms with Crippen LogP contribution in [-0.2, 0) is 14.3 Å². The van der Waals surface area contributed by atoms with Crippen LogP contribution in [0.15, 0.2) is 0 Å². The van der Waals surface area contributed by atoms with Crippen molar-refractivity contribution in [1.82, 2.24) is 4.90 Å². The number of hydrogen-bond donors (Lipinski definition) is 1. The van der Waals surface area contributed by atoms with Gasteiger partial charge < -0.3 is 19.5 Å². The molecule has 14 heavy (non-hydrogen) atoms. The molecule has 0 aliphatic carbocycles. The molecule has 0 bridgehead atoms. The number of ether oxygens (including phenoxy) is 2. The summed E-state index contributed by atoms with van der Waals surface area (Å²) in [6.45, 7) is 2.02. The minimum Gasteiger partial charge on any atom is -0.372 e. The zero-order valence-electron chi connectivity index (χ0n) is 8.44. The van der Waals surface area contributed by atoms with E-state index in [0.29, 0.717) is 26.1 Å². The van der Waals surface area contributed by atoms with E-state index >= 15 is 0 Å². The van der Waals surface area contributed by atoms with Gasteiger partial charge in [-0.05, 0) is 6.42 Å². The lowest BCUT2D eigenvalue weighted by Crippen LogP contribution is -2.35. The summed E-state index contributed by atoms with van der Waals surface area (Å²) >= 11 is 0. The normalized spacial score (nSPS) is 20.7. The number of amides is 1. The van der Waals surface area contributed by atoms with Gasteiger partial charge in [0, 0.05) is 33.2 Å². The maximum Gasteiger partial charge on any atom is 0.248 e. The molecule has 1 aliphatic rings. The Balaban J connectivity index is 2.29. The summed E-state index contributed by atoms with van der Waals surface area (Å²) in [5, 5.41) is 9.15. The van der Waals surface area contributed by atoms with Crippen molar-refractivity contribution in [3.8, 4) is 0 Å². The first-order valence-electron chi connectivity index (χ1n) is 4.80. The number of hydrogen-bond acceptors (Lipinski definition) is 4. The van der Waals surface area contributed by atoms with Gasteiger partial charge in [0.25, 0.3) is 0 Å². The molecule has 0 radical (unpaired) electrons. The minimum absolute atomic E-state index is 0.00852. The molecule has 1 saturated heterocycles. The van der Waals surface area contributed by atoms with Crippen molar-refractivity contribution in [2.45, 2.75) is 19.1 Å². The molecule has 1 N–H and O–H groups in total.